The molecule has 0 fully saturated rings. The first kappa shape index (κ1) is 25.2. The number of rotatable bonds is 10. The molecular weight excluding hydrogens is 487 g/mol. The third-order valence-corrected chi connectivity index (χ3v) is 5.51. The maximum Gasteiger partial charge on any atom is 0.191 e. The molecule has 1 aliphatic rings. The van der Waals surface area contributed by atoms with Crippen LogP contribution >= 0.6 is 35.7 Å². The van der Waals surface area contributed by atoms with Crippen LogP contribution in [0.3, 0.4) is 0 Å². The van der Waals surface area contributed by atoms with E-state index < -0.39 is 0 Å². The number of hydrogen-bond donors (Lipinski definition) is 2. The number of halogens is 1. The summed E-state index contributed by atoms with van der Waals surface area (Å²) in [5.74, 6) is 3.74. The van der Waals surface area contributed by atoms with Crippen molar-refractivity contribution in [1.82, 2.24) is 15.5 Å². The van der Waals surface area contributed by atoms with E-state index in [0.29, 0.717) is 0 Å². The van der Waals surface area contributed by atoms with Crippen LogP contribution in [0.5, 0.6) is 11.5 Å². The average Bonchev–Trinajstić information content (AvgIpc) is 2.71. The number of thioether (sulfide) groups is 1. The molecule has 2 rings (SSSR count). The van der Waals surface area contributed by atoms with Gasteiger partial charge in [-0.1, -0.05) is 0 Å². The summed E-state index contributed by atoms with van der Waals surface area (Å²) in [6.07, 6.45) is 5.61. The smallest absolute Gasteiger partial charge is 0.191 e. The molecule has 0 radical (unpaired) electrons. The molecule has 6 nitrogen and oxygen atoms in total. The summed E-state index contributed by atoms with van der Waals surface area (Å²) >= 11 is 1.90. The van der Waals surface area contributed by atoms with E-state index in [1.165, 1.54) is 29.7 Å². The maximum atomic E-state index is 5.45. The number of methoxy groups -OCH3 is 2. The number of nitrogens with one attached hydrogen (secondary N) is 2. The minimum atomic E-state index is 0. The Hall–Kier alpha value is -0.870. The van der Waals surface area contributed by atoms with E-state index in [9.17, 15) is 0 Å². The van der Waals surface area contributed by atoms with Gasteiger partial charge in [-0.25, -0.2) is 0 Å². The number of unbranched alkanes of at least 4 members (excludes halogenated alkanes) is 1. The standard InChI is InChI=1S/C20H34N4O2S.HI/c1-21-20(22-8-5-6-12-27-4)23-9-11-24-10-7-16-13-18(25-2)19(26-3)14-17(16)15-24;/h13-14H,5-12,15H2,1-4H3,(H2,21,22,23);1H. The Bertz CT molecular complexity index is 616. The second kappa shape index (κ2) is 14.2. The number of aliphatic imine (C=N–C) groups is 1. The van der Waals surface area contributed by atoms with Crippen molar-refractivity contribution in [2.45, 2.75) is 25.8 Å². The van der Waals surface area contributed by atoms with Gasteiger partial charge in [-0.3, -0.25) is 9.89 Å². The fourth-order valence-corrected chi connectivity index (χ4v) is 3.76. The van der Waals surface area contributed by atoms with Gasteiger partial charge in [0.25, 0.3) is 0 Å². The first-order valence-electron chi connectivity index (χ1n) is 9.61. The first-order chi connectivity index (χ1) is 13.2. The van der Waals surface area contributed by atoms with Crippen LogP contribution in [-0.2, 0) is 13.0 Å². The van der Waals surface area contributed by atoms with Crippen molar-refractivity contribution in [3.63, 3.8) is 0 Å². The molecule has 28 heavy (non-hydrogen) atoms. The molecule has 0 atom stereocenters. The predicted octanol–water partition coefficient (Wildman–Crippen LogP) is 2.99. The van der Waals surface area contributed by atoms with Crippen LogP contribution in [0.15, 0.2) is 17.1 Å². The van der Waals surface area contributed by atoms with Crippen molar-refractivity contribution in [2.24, 2.45) is 4.99 Å². The van der Waals surface area contributed by atoms with Gasteiger partial charge in [0.15, 0.2) is 17.5 Å². The number of benzene rings is 1. The zero-order chi connectivity index (χ0) is 19.5. The van der Waals surface area contributed by atoms with Crippen LogP contribution < -0.4 is 20.1 Å². The molecule has 1 aromatic carbocycles. The molecule has 0 amide bonds. The lowest BCUT2D eigenvalue weighted by molar-refractivity contribution is 0.256. The van der Waals surface area contributed by atoms with Gasteiger partial charge in [0.1, 0.15) is 0 Å². The Kier molecular flexibility index (Phi) is 12.7. The van der Waals surface area contributed by atoms with Gasteiger partial charge in [-0.15, -0.1) is 24.0 Å². The Labute approximate surface area is 191 Å². The van der Waals surface area contributed by atoms with E-state index in [0.717, 1.165) is 56.6 Å². The van der Waals surface area contributed by atoms with Gasteiger partial charge in [0.05, 0.1) is 14.2 Å². The lowest BCUT2D eigenvalue weighted by Gasteiger charge is -2.29. The zero-order valence-corrected chi connectivity index (χ0v) is 20.7. The van der Waals surface area contributed by atoms with Crippen molar-refractivity contribution in [3.05, 3.63) is 23.3 Å². The predicted molar refractivity (Wildman–Crippen MR) is 131 cm³/mol. The quantitative estimate of drug-likeness (QED) is 0.213. The Morgan fingerprint density at radius 2 is 1.79 bits per heavy atom. The Morgan fingerprint density at radius 1 is 1.11 bits per heavy atom. The maximum absolute atomic E-state index is 5.45. The van der Waals surface area contributed by atoms with Crippen LogP contribution in [0.25, 0.3) is 0 Å². The molecule has 8 heteroatoms. The molecule has 0 unspecified atom stereocenters. The van der Waals surface area contributed by atoms with E-state index in [1.54, 1.807) is 14.2 Å². The van der Waals surface area contributed by atoms with Crippen molar-refractivity contribution in [1.29, 1.82) is 0 Å². The molecular formula is C20H35IN4O2S. The number of nitrogens with zero attached hydrogens (tertiary/aromatic N) is 2. The van der Waals surface area contributed by atoms with E-state index in [-0.39, 0.29) is 24.0 Å². The highest BCUT2D eigenvalue weighted by Gasteiger charge is 2.19. The molecule has 160 valence electrons. The SMILES string of the molecule is CN=C(NCCCCSC)NCCN1CCc2cc(OC)c(OC)cc2C1.I. The second-order valence-electron chi connectivity index (χ2n) is 6.63. The third kappa shape index (κ3) is 7.87. The monoisotopic (exact) mass is 522 g/mol. The van der Waals surface area contributed by atoms with Crippen LogP contribution in [0.1, 0.15) is 24.0 Å². The van der Waals surface area contributed by atoms with Crippen LogP contribution in [0, 0.1) is 0 Å². The summed E-state index contributed by atoms with van der Waals surface area (Å²) in [7, 11) is 5.21. The van der Waals surface area contributed by atoms with Gasteiger partial charge in [-0.2, -0.15) is 11.8 Å². The summed E-state index contributed by atoms with van der Waals surface area (Å²) in [4.78, 5) is 6.77. The lowest BCUT2D eigenvalue weighted by Crippen LogP contribution is -2.42. The minimum absolute atomic E-state index is 0. The molecule has 0 aliphatic carbocycles. The van der Waals surface area contributed by atoms with Crippen molar-refractivity contribution in [3.8, 4) is 11.5 Å². The lowest BCUT2D eigenvalue weighted by atomic mass is 9.99. The fourth-order valence-electron chi connectivity index (χ4n) is 3.26. The number of hydrogen-bond acceptors (Lipinski definition) is 5. The van der Waals surface area contributed by atoms with Gasteiger partial charge >= 0.3 is 0 Å². The van der Waals surface area contributed by atoms with Crippen molar-refractivity contribution >= 4 is 41.7 Å². The molecule has 0 saturated heterocycles. The van der Waals surface area contributed by atoms with E-state index in [1.807, 2.05) is 18.8 Å². The highest BCUT2D eigenvalue weighted by molar-refractivity contribution is 14.0. The largest absolute Gasteiger partial charge is 0.493 e. The summed E-state index contributed by atoms with van der Waals surface area (Å²) in [6.45, 7) is 4.84. The Balaban J connectivity index is 0.00000392. The molecule has 0 spiro atoms. The summed E-state index contributed by atoms with van der Waals surface area (Å²) in [5.41, 5.74) is 2.69. The topological polar surface area (TPSA) is 58.1 Å². The molecule has 0 aromatic heterocycles. The molecule has 1 aromatic rings. The molecule has 0 bridgehead atoms. The average molecular weight is 522 g/mol. The molecule has 1 heterocycles. The third-order valence-electron chi connectivity index (χ3n) is 4.81. The van der Waals surface area contributed by atoms with E-state index >= 15 is 0 Å². The highest BCUT2D eigenvalue weighted by Crippen LogP contribution is 2.33. The van der Waals surface area contributed by atoms with Crippen LogP contribution in [0.4, 0.5) is 0 Å². The number of ether oxygens (including phenoxy) is 2. The zero-order valence-electron chi connectivity index (χ0n) is 17.5. The molecule has 2 N–H and O–H groups in total. The highest BCUT2D eigenvalue weighted by atomic mass is 127. The molecule has 1 aliphatic heterocycles. The van der Waals surface area contributed by atoms with Crippen molar-refractivity contribution < 1.29 is 9.47 Å². The number of fused-ring (bicyclic) bond motifs is 1. The van der Waals surface area contributed by atoms with Crippen molar-refractivity contribution in [2.75, 3.05) is 59.5 Å². The summed E-state index contributed by atoms with van der Waals surface area (Å²) in [5, 5.41) is 6.81. The fraction of sp³-hybridized carbons (Fsp3) is 0.650. The Morgan fingerprint density at radius 3 is 2.43 bits per heavy atom. The first-order valence-corrected chi connectivity index (χ1v) is 11.0. The van der Waals surface area contributed by atoms with E-state index in [2.05, 4.69) is 38.9 Å². The van der Waals surface area contributed by atoms with E-state index in [4.69, 9.17) is 9.47 Å². The minimum Gasteiger partial charge on any atom is -0.493 e. The number of guanidine groups is 1. The summed E-state index contributed by atoms with van der Waals surface area (Å²) < 4.78 is 10.9. The van der Waals surface area contributed by atoms with Gasteiger partial charge < -0.3 is 20.1 Å². The second-order valence-corrected chi connectivity index (χ2v) is 7.61. The van der Waals surface area contributed by atoms with Crippen LogP contribution in [-0.4, -0.2) is 70.3 Å². The summed E-state index contributed by atoms with van der Waals surface area (Å²) in [6, 6.07) is 4.23. The van der Waals surface area contributed by atoms with Crippen LogP contribution in [0.2, 0.25) is 0 Å². The van der Waals surface area contributed by atoms with Gasteiger partial charge in [0.2, 0.25) is 0 Å². The van der Waals surface area contributed by atoms with Gasteiger partial charge in [-0.05, 0) is 54.5 Å². The molecule has 0 saturated carbocycles. The van der Waals surface area contributed by atoms with Gasteiger partial charge in [0, 0.05) is 39.8 Å². The normalized spacial score (nSPS) is 14.1.